The molecule has 2 aliphatic carbocycles. The second kappa shape index (κ2) is 6.27. The summed E-state index contributed by atoms with van der Waals surface area (Å²) in [6.07, 6.45) is 3.72. The molecule has 156 valence electrons. The van der Waals surface area contributed by atoms with Crippen molar-refractivity contribution in [1.82, 2.24) is 0 Å². The zero-order valence-corrected chi connectivity index (χ0v) is 16.4. The highest BCUT2D eigenvalue weighted by molar-refractivity contribution is 5.26. The number of rotatable bonds is 3. The standard InChI is InChI=1S/C21H30O7/c1-12-16(23)17(24)21(10-22)15(4-3-6-19(21)11-27-19)20(12)8-14(28-18(20)25-2)13-5-7-26-9-13/h5,7,9,12,14-18,22-24H,3-4,6,8,10-11H2,1-2H3/t12-,14+,15-,16+,17+,18+,19+,20-,21+/m1/s1. The summed E-state index contributed by atoms with van der Waals surface area (Å²) in [6.45, 7) is 2.26. The van der Waals surface area contributed by atoms with Gasteiger partial charge in [-0.05, 0) is 37.2 Å². The Kier molecular flexibility index (Phi) is 4.26. The highest BCUT2D eigenvalue weighted by Gasteiger charge is 2.78. The molecule has 9 atom stereocenters. The lowest BCUT2D eigenvalue weighted by Crippen LogP contribution is -2.72. The van der Waals surface area contributed by atoms with E-state index in [4.69, 9.17) is 18.6 Å². The topological polar surface area (TPSA) is 105 Å². The lowest BCUT2D eigenvalue weighted by Gasteiger charge is -2.64. The Morgan fingerprint density at radius 3 is 2.71 bits per heavy atom. The van der Waals surface area contributed by atoms with E-state index in [-0.39, 0.29) is 24.5 Å². The van der Waals surface area contributed by atoms with Crippen LogP contribution in [0.3, 0.4) is 0 Å². The third-order valence-electron chi connectivity index (χ3n) is 8.55. The quantitative estimate of drug-likeness (QED) is 0.669. The van der Waals surface area contributed by atoms with Gasteiger partial charge in [0.15, 0.2) is 6.29 Å². The molecule has 1 aromatic heterocycles. The van der Waals surface area contributed by atoms with Crippen LogP contribution < -0.4 is 0 Å². The van der Waals surface area contributed by atoms with E-state index in [0.717, 1.165) is 24.8 Å². The Bertz CT molecular complexity index is 716. The van der Waals surface area contributed by atoms with Crippen LogP contribution in [0, 0.1) is 22.7 Å². The van der Waals surface area contributed by atoms with E-state index in [1.54, 1.807) is 19.6 Å². The second-order valence-corrected chi connectivity index (χ2v) is 9.22. The van der Waals surface area contributed by atoms with Gasteiger partial charge in [-0.2, -0.15) is 0 Å². The first-order valence-electron chi connectivity index (χ1n) is 10.3. The van der Waals surface area contributed by atoms with Gasteiger partial charge in [0.2, 0.25) is 0 Å². The number of hydrogen-bond donors (Lipinski definition) is 3. The van der Waals surface area contributed by atoms with E-state index in [9.17, 15) is 15.3 Å². The zero-order chi connectivity index (χ0) is 19.7. The molecule has 0 amide bonds. The average Bonchev–Trinajstić information content (AvgIpc) is 3.14. The molecule has 3 N–H and O–H groups in total. The van der Waals surface area contributed by atoms with E-state index < -0.39 is 34.9 Å². The Morgan fingerprint density at radius 1 is 1.32 bits per heavy atom. The predicted octanol–water partition coefficient (Wildman–Crippen LogP) is 1.62. The van der Waals surface area contributed by atoms with Gasteiger partial charge in [-0.15, -0.1) is 0 Å². The number of aliphatic hydroxyl groups is 3. The van der Waals surface area contributed by atoms with Gasteiger partial charge in [-0.1, -0.05) is 13.3 Å². The summed E-state index contributed by atoms with van der Waals surface area (Å²) in [5, 5.41) is 33.0. The third-order valence-corrected chi connectivity index (χ3v) is 8.55. The molecule has 2 aliphatic heterocycles. The molecule has 0 bridgehead atoms. The van der Waals surface area contributed by atoms with Crippen molar-refractivity contribution in [1.29, 1.82) is 0 Å². The minimum atomic E-state index is -1.04. The molecule has 2 spiro atoms. The van der Waals surface area contributed by atoms with Gasteiger partial charge < -0.3 is 33.9 Å². The lowest BCUT2D eigenvalue weighted by molar-refractivity contribution is -0.293. The number of hydrogen-bond acceptors (Lipinski definition) is 7. The summed E-state index contributed by atoms with van der Waals surface area (Å²) >= 11 is 0. The van der Waals surface area contributed by atoms with Crippen LogP contribution in [0.5, 0.6) is 0 Å². The molecule has 4 aliphatic rings. The van der Waals surface area contributed by atoms with Gasteiger partial charge in [0.25, 0.3) is 0 Å². The molecule has 0 unspecified atom stereocenters. The van der Waals surface area contributed by atoms with Gasteiger partial charge in [0.05, 0.1) is 49.5 Å². The van der Waals surface area contributed by atoms with E-state index >= 15 is 0 Å². The monoisotopic (exact) mass is 394 g/mol. The van der Waals surface area contributed by atoms with Crippen molar-refractivity contribution in [3.8, 4) is 0 Å². The molecule has 4 fully saturated rings. The summed E-state index contributed by atoms with van der Waals surface area (Å²) < 4.78 is 23.3. The predicted molar refractivity (Wildman–Crippen MR) is 97.1 cm³/mol. The second-order valence-electron chi connectivity index (χ2n) is 9.22. The summed E-state index contributed by atoms with van der Waals surface area (Å²) in [4.78, 5) is 0. The first kappa shape index (κ1) is 19.0. The summed E-state index contributed by atoms with van der Waals surface area (Å²) in [5.41, 5.74) is -1.08. The van der Waals surface area contributed by atoms with E-state index in [1.807, 2.05) is 13.0 Å². The van der Waals surface area contributed by atoms with Crippen LogP contribution in [0.4, 0.5) is 0 Å². The number of fused-ring (bicyclic) bond motifs is 3. The van der Waals surface area contributed by atoms with Gasteiger partial charge in [-0.3, -0.25) is 0 Å². The molecule has 5 rings (SSSR count). The summed E-state index contributed by atoms with van der Waals surface area (Å²) in [5.74, 6) is -0.348. The molecule has 7 nitrogen and oxygen atoms in total. The molecule has 7 heteroatoms. The first-order valence-corrected chi connectivity index (χ1v) is 10.3. The summed E-state index contributed by atoms with van der Waals surface area (Å²) in [6, 6.07) is 1.89. The first-order chi connectivity index (χ1) is 13.5. The molecule has 1 aromatic rings. The van der Waals surface area contributed by atoms with E-state index in [1.165, 1.54) is 0 Å². The Labute approximate surface area is 164 Å². The normalized spacial score (nSPS) is 52.9. The van der Waals surface area contributed by atoms with Gasteiger partial charge in [-0.25, -0.2) is 0 Å². The Hall–Kier alpha value is -0.960. The molecule has 2 saturated heterocycles. The van der Waals surface area contributed by atoms with Crippen molar-refractivity contribution in [2.45, 2.75) is 62.8 Å². The maximum absolute atomic E-state index is 11.2. The van der Waals surface area contributed by atoms with Crippen LogP contribution in [0.15, 0.2) is 23.0 Å². The fourth-order valence-electron chi connectivity index (χ4n) is 7.06. The van der Waals surface area contributed by atoms with Crippen LogP contribution in [0.2, 0.25) is 0 Å². The number of ether oxygens (including phenoxy) is 3. The maximum Gasteiger partial charge on any atom is 0.164 e. The van der Waals surface area contributed by atoms with Gasteiger partial charge in [0.1, 0.15) is 5.60 Å². The van der Waals surface area contributed by atoms with Crippen molar-refractivity contribution in [3.63, 3.8) is 0 Å². The van der Waals surface area contributed by atoms with Crippen molar-refractivity contribution in [3.05, 3.63) is 24.2 Å². The van der Waals surface area contributed by atoms with E-state index in [0.29, 0.717) is 13.0 Å². The fraction of sp³-hybridized carbons (Fsp3) is 0.810. The molecule has 28 heavy (non-hydrogen) atoms. The average molecular weight is 394 g/mol. The highest BCUT2D eigenvalue weighted by atomic mass is 16.7. The van der Waals surface area contributed by atoms with Crippen LogP contribution in [-0.4, -0.2) is 59.7 Å². The van der Waals surface area contributed by atoms with Crippen molar-refractivity contribution in [2.75, 3.05) is 20.3 Å². The van der Waals surface area contributed by atoms with Gasteiger partial charge in [0, 0.05) is 18.1 Å². The molecule has 0 radical (unpaired) electrons. The fourth-order valence-corrected chi connectivity index (χ4v) is 7.06. The minimum Gasteiger partial charge on any atom is -0.472 e. The molecular formula is C21H30O7. The van der Waals surface area contributed by atoms with Gasteiger partial charge >= 0.3 is 0 Å². The van der Waals surface area contributed by atoms with E-state index in [2.05, 4.69) is 0 Å². The molecule has 0 aromatic carbocycles. The highest BCUT2D eigenvalue weighted by Crippen LogP contribution is 2.71. The van der Waals surface area contributed by atoms with Crippen LogP contribution in [-0.2, 0) is 14.2 Å². The number of furan rings is 1. The van der Waals surface area contributed by atoms with Crippen LogP contribution in [0.1, 0.15) is 44.3 Å². The van der Waals surface area contributed by atoms with Crippen molar-refractivity contribution >= 4 is 0 Å². The minimum absolute atomic E-state index is 0.0866. The van der Waals surface area contributed by atoms with Crippen molar-refractivity contribution in [2.24, 2.45) is 22.7 Å². The molecule has 3 heterocycles. The molecule has 2 saturated carbocycles. The third kappa shape index (κ3) is 2.10. The smallest absolute Gasteiger partial charge is 0.164 e. The maximum atomic E-state index is 11.2. The lowest BCUT2D eigenvalue weighted by atomic mass is 9.42. The van der Waals surface area contributed by atoms with Crippen LogP contribution in [0.25, 0.3) is 0 Å². The largest absolute Gasteiger partial charge is 0.472 e. The Morgan fingerprint density at radius 2 is 2.11 bits per heavy atom. The Balaban J connectivity index is 1.65. The number of methoxy groups -OCH3 is 1. The number of aliphatic hydroxyl groups excluding tert-OH is 3. The van der Waals surface area contributed by atoms with Crippen molar-refractivity contribution < 1.29 is 33.9 Å². The summed E-state index contributed by atoms with van der Waals surface area (Å²) in [7, 11) is 1.63. The SMILES string of the molecule is CO[C@H]1O[C@H](c2ccoc2)C[C@]12[C@H](C)[C@H](O)[C@H](O)[C@]1(CO)[C@@H]2CCC[C@]12CO2. The van der Waals surface area contributed by atoms with Crippen LogP contribution >= 0.6 is 0 Å². The zero-order valence-electron chi connectivity index (χ0n) is 16.4. The molecular weight excluding hydrogens is 364 g/mol. The number of epoxide rings is 1.